The molecule has 4 heteroatoms. The second-order valence-electron chi connectivity index (χ2n) is 5.94. The van der Waals surface area contributed by atoms with Gasteiger partial charge in [0, 0.05) is 34.7 Å². The van der Waals surface area contributed by atoms with E-state index in [1.54, 1.807) is 6.07 Å². The van der Waals surface area contributed by atoms with Gasteiger partial charge in [0.25, 0.3) is 0 Å². The Hall–Kier alpha value is -1.81. The third-order valence-electron chi connectivity index (χ3n) is 4.09. The van der Waals surface area contributed by atoms with Crippen molar-refractivity contribution in [1.82, 2.24) is 10.3 Å². The summed E-state index contributed by atoms with van der Waals surface area (Å²) in [5, 5.41) is 15.6. The molecule has 2 aromatic carbocycles. The quantitative estimate of drug-likeness (QED) is 0.638. The Labute approximate surface area is 141 Å². The van der Waals surface area contributed by atoms with Crippen LogP contribution in [0.2, 0.25) is 5.02 Å². The predicted octanol–water partition coefficient (Wildman–Crippen LogP) is 4.08. The second-order valence-corrected chi connectivity index (χ2v) is 6.38. The monoisotopic (exact) mass is 328 g/mol. The molecule has 2 atom stereocenters. The molecular weight excluding hydrogens is 308 g/mol. The molecule has 0 aliphatic carbocycles. The molecule has 0 radical (unpaired) electrons. The first kappa shape index (κ1) is 16.1. The zero-order valence-corrected chi connectivity index (χ0v) is 13.8. The maximum atomic E-state index is 10.3. The van der Waals surface area contributed by atoms with Gasteiger partial charge in [-0.15, -0.1) is 0 Å². The normalized spacial score (nSPS) is 14.0. The summed E-state index contributed by atoms with van der Waals surface area (Å²) in [7, 11) is 0. The predicted molar refractivity (Wildman–Crippen MR) is 95.9 cm³/mol. The van der Waals surface area contributed by atoms with Crippen molar-refractivity contribution < 1.29 is 5.11 Å². The lowest BCUT2D eigenvalue weighted by Gasteiger charge is -2.17. The summed E-state index contributed by atoms with van der Waals surface area (Å²) in [6.07, 6.45) is 2.42. The van der Waals surface area contributed by atoms with Crippen LogP contribution in [0.1, 0.15) is 24.2 Å². The van der Waals surface area contributed by atoms with E-state index in [-0.39, 0.29) is 6.04 Å². The molecule has 1 aromatic heterocycles. The number of para-hydroxylation sites is 1. The molecule has 0 aliphatic rings. The van der Waals surface area contributed by atoms with Gasteiger partial charge in [-0.25, -0.2) is 0 Å². The van der Waals surface area contributed by atoms with E-state index in [0.717, 1.165) is 17.5 Å². The Morgan fingerprint density at radius 3 is 2.83 bits per heavy atom. The minimum Gasteiger partial charge on any atom is -0.387 e. The molecular formula is C19H21ClN2O. The van der Waals surface area contributed by atoms with E-state index < -0.39 is 6.10 Å². The van der Waals surface area contributed by atoms with Crippen molar-refractivity contribution in [3.8, 4) is 0 Å². The van der Waals surface area contributed by atoms with Crippen LogP contribution in [0.5, 0.6) is 0 Å². The molecule has 3 N–H and O–H groups in total. The van der Waals surface area contributed by atoms with Crippen molar-refractivity contribution in [3.05, 3.63) is 70.9 Å². The third kappa shape index (κ3) is 3.94. The van der Waals surface area contributed by atoms with Crippen LogP contribution in [0, 0.1) is 0 Å². The van der Waals surface area contributed by atoms with Gasteiger partial charge in [-0.2, -0.15) is 0 Å². The van der Waals surface area contributed by atoms with Gasteiger partial charge in [-0.1, -0.05) is 41.9 Å². The molecule has 0 aliphatic heterocycles. The standard InChI is InChI=1S/C19H21ClN2O/c1-13(9-15-11-22-18-8-3-2-7-17(15)18)21-12-19(23)14-5-4-6-16(20)10-14/h2-8,10-11,13,19,21-23H,9,12H2,1H3/t13-,19+/m0/s1. The van der Waals surface area contributed by atoms with Crippen molar-refractivity contribution in [2.75, 3.05) is 6.54 Å². The van der Waals surface area contributed by atoms with Crippen molar-refractivity contribution in [3.63, 3.8) is 0 Å². The minimum atomic E-state index is -0.556. The first-order valence-corrected chi connectivity index (χ1v) is 8.23. The number of benzene rings is 2. The molecule has 23 heavy (non-hydrogen) atoms. The Kier molecular flexibility index (Phi) is 5.01. The highest BCUT2D eigenvalue weighted by Crippen LogP contribution is 2.20. The average Bonchev–Trinajstić information content (AvgIpc) is 2.96. The molecule has 0 bridgehead atoms. The molecule has 0 spiro atoms. The van der Waals surface area contributed by atoms with Crippen LogP contribution >= 0.6 is 11.6 Å². The number of aliphatic hydroxyl groups is 1. The molecule has 120 valence electrons. The van der Waals surface area contributed by atoms with Crippen molar-refractivity contribution >= 4 is 22.5 Å². The highest BCUT2D eigenvalue weighted by atomic mass is 35.5. The lowest BCUT2D eigenvalue weighted by molar-refractivity contribution is 0.170. The van der Waals surface area contributed by atoms with Gasteiger partial charge in [0.1, 0.15) is 0 Å². The van der Waals surface area contributed by atoms with Crippen molar-refractivity contribution in [2.45, 2.75) is 25.5 Å². The molecule has 0 saturated carbocycles. The molecule has 3 aromatic rings. The van der Waals surface area contributed by atoms with E-state index in [1.165, 1.54) is 10.9 Å². The summed E-state index contributed by atoms with van der Waals surface area (Å²) in [4.78, 5) is 3.30. The SMILES string of the molecule is C[C@@H](Cc1c[nH]c2ccccc12)NC[C@@H](O)c1cccc(Cl)c1. The number of H-pyrrole nitrogens is 1. The van der Waals surface area contributed by atoms with Gasteiger partial charge in [0.2, 0.25) is 0 Å². The number of hydrogen-bond donors (Lipinski definition) is 3. The fourth-order valence-corrected chi connectivity index (χ4v) is 3.05. The zero-order valence-electron chi connectivity index (χ0n) is 13.1. The Bertz CT molecular complexity index is 784. The van der Waals surface area contributed by atoms with E-state index in [4.69, 9.17) is 11.6 Å². The Morgan fingerprint density at radius 2 is 2.00 bits per heavy atom. The molecule has 0 saturated heterocycles. The molecule has 0 fully saturated rings. The van der Waals surface area contributed by atoms with Crippen LogP contribution in [0.25, 0.3) is 10.9 Å². The molecule has 1 heterocycles. The number of aromatic amines is 1. The second kappa shape index (κ2) is 7.18. The van der Waals surface area contributed by atoms with Gasteiger partial charge in [0.15, 0.2) is 0 Å². The van der Waals surface area contributed by atoms with Crippen molar-refractivity contribution in [1.29, 1.82) is 0 Å². The maximum Gasteiger partial charge on any atom is 0.0914 e. The topological polar surface area (TPSA) is 48.0 Å². The van der Waals surface area contributed by atoms with Gasteiger partial charge < -0.3 is 15.4 Å². The van der Waals surface area contributed by atoms with Crippen LogP contribution in [-0.4, -0.2) is 22.7 Å². The third-order valence-corrected chi connectivity index (χ3v) is 4.33. The summed E-state index contributed by atoms with van der Waals surface area (Å²) in [5.74, 6) is 0. The van der Waals surface area contributed by atoms with E-state index in [9.17, 15) is 5.11 Å². The summed E-state index contributed by atoms with van der Waals surface area (Å²) in [6, 6.07) is 15.9. The fourth-order valence-electron chi connectivity index (χ4n) is 2.85. The van der Waals surface area contributed by atoms with Crippen LogP contribution in [-0.2, 0) is 6.42 Å². The van der Waals surface area contributed by atoms with Crippen LogP contribution in [0.3, 0.4) is 0 Å². The summed E-state index contributed by atoms with van der Waals surface area (Å²) in [5.41, 5.74) is 3.29. The molecule has 0 unspecified atom stereocenters. The van der Waals surface area contributed by atoms with Gasteiger partial charge >= 0.3 is 0 Å². The van der Waals surface area contributed by atoms with E-state index in [2.05, 4.69) is 41.6 Å². The summed E-state index contributed by atoms with van der Waals surface area (Å²) < 4.78 is 0. The number of hydrogen-bond acceptors (Lipinski definition) is 2. The van der Waals surface area contributed by atoms with Crippen LogP contribution in [0.4, 0.5) is 0 Å². The number of fused-ring (bicyclic) bond motifs is 1. The number of aromatic nitrogens is 1. The lowest BCUT2D eigenvalue weighted by atomic mass is 10.1. The van der Waals surface area contributed by atoms with Gasteiger partial charge in [-0.05, 0) is 42.7 Å². The van der Waals surface area contributed by atoms with Gasteiger partial charge in [-0.3, -0.25) is 0 Å². The number of aliphatic hydroxyl groups excluding tert-OH is 1. The largest absolute Gasteiger partial charge is 0.387 e. The van der Waals surface area contributed by atoms with Crippen LogP contribution < -0.4 is 5.32 Å². The Balaban J connectivity index is 1.58. The van der Waals surface area contributed by atoms with Gasteiger partial charge in [0.05, 0.1) is 6.10 Å². The smallest absolute Gasteiger partial charge is 0.0914 e. The maximum absolute atomic E-state index is 10.3. The van der Waals surface area contributed by atoms with E-state index in [1.807, 2.05) is 24.3 Å². The fraction of sp³-hybridized carbons (Fsp3) is 0.263. The highest BCUT2D eigenvalue weighted by Gasteiger charge is 2.12. The molecule has 3 nitrogen and oxygen atoms in total. The summed E-state index contributed by atoms with van der Waals surface area (Å²) >= 11 is 5.97. The summed E-state index contributed by atoms with van der Waals surface area (Å²) in [6.45, 7) is 2.64. The first-order chi connectivity index (χ1) is 11.1. The number of halogens is 1. The van der Waals surface area contributed by atoms with E-state index >= 15 is 0 Å². The van der Waals surface area contributed by atoms with E-state index in [0.29, 0.717) is 11.6 Å². The number of nitrogens with one attached hydrogen (secondary N) is 2. The molecule has 0 amide bonds. The Morgan fingerprint density at radius 1 is 1.17 bits per heavy atom. The average molecular weight is 329 g/mol. The highest BCUT2D eigenvalue weighted by molar-refractivity contribution is 6.30. The lowest BCUT2D eigenvalue weighted by Crippen LogP contribution is -2.32. The van der Waals surface area contributed by atoms with Crippen LogP contribution in [0.15, 0.2) is 54.7 Å². The van der Waals surface area contributed by atoms with Crippen molar-refractivity contribution in [2.24, 2.45) is 0 Å². The minimum absolute atomic E-state index is 0.267. The number of rotatable bonds is 6. The molecule has 3 rings (SSSR count). The first-order valence-electron chi connectivity index (χ1n) is 7.85. The zero-order chi connectivity index (χ0) is 16.2.